The highest BCUT2D eigenvalue weighted by Gasteiger charge is 2.22. The zero-order valence-electron chi connectivity index (χ0n) is 11.2. The average molecular weight is 296 g/mol. The molecule has 1 heterocycles. The summed E-state index contributed by atoms with van der Waals surface area (Å²) in [5.41, 5.74) is 0.976. The van der Waals surface area contributed by atoms with Crippen LogP contribution in [0.25, 0.3) is 0 Å². The van der Waals surface area contributed by atoms with Crippen molar-refractivity contribution in [1.29, 1.82) is 0 Å². The van der Waals surface area contributed by atoms with Gasteiger partial charge in [-0.2, -0.15) is 0 Å². The Bertz CT molecular complexity index is 677. The third-order valence-electron chi connectivity index (χ3n) is 2.98. The number of anilines is 1. The van der Waals surface area contributed by atoms with Crippen LogP contribution in [0.3, 0.4) is 0 Å². The molecule has 0 aliphatic heterocycles. The van der Waals surface area contributed by atoms with E-state index in [1.54, 1.807) is 31.4 Å². The van der Waals surface area contributed by atoms with Crippen LogP contribution in [0.4, 0.5) is 5.69 Å². The van der Waals surface area contributed by atoms with Crippen LogP contribution in [0.15, 0.2) is 41.4 Å². The SMILES string of the molecule is COc1ccc(N(C)S(=O)(=O)c2c[nH]c(CO)c2)cc1. The van der Waals surface area contributed by atoms with Gasteiger partial charge in [-0.15, -0.1) is 0 Å². The number of H-pyrrole nitrogens is 1. The van der Waals surface area contributed by atoms with Crippen LogP contribution in [-0.2, 0) is 16.6 Å². The van der Waals surface area contributed by atoms with E-state index in [0.29, 0.717) is 17.1 Å². The molecule has 0 aliphatic rings. The number of hydrogen-bond donors (Lipinski definition) is 2. The normalized spacial score (nSPS) is 11.3. The van der Waals surface area contributed by atoms with Crippen LogP contribution in [-0.4, -0.2) is 32.7 Å². The van der Waals surface area contributed by atoms with Crippen LogP contribution in [0, 0.1) is 0 Å². The van der Waals surface area contributed by atoms with Crippen LogP contribution >= 0.6 is 0 Å². The Morgan fingerprint density at radius 3 is 2.45 bits per heavy atom. The molecule has 6 nitrogen and oxygen atoms in total. The first-order valence-electron chi connectivity index (χ1n) is 5.90. The summed E-state index contributed by atoms with van der Waals surface area (Å²) in [5, 5.41) is 8.98. The van der Waals surface area contributed by atoms with E-state index < -0.39 is 10.0 Å². The molecule has 1 aromatic carbocycles. The third kappa shape index (κ3) is 2.63. The summed E-state index contributed by atoms with van der Waals surface area (Å²) < 4.78 is 31.0. The first-order chi connectivity index (χ1) is 9.48. The Labute approximate surface area is 117 Å². The van der Waals surface area contributed by atoms with Gasteiger partial charge < -0.3 is 14.8 Å². The van der Waals surface area contributed by atoms with Crippen molar-refractivity contribution in [2.24, 2.45) is 0 Å². The van der Waals surface area contributed by atoms with Crippen molar-refractivity contribution in [3.63, 3.8) is 0 Å². The number of aliphatic hydroxyl groups excluding tert-OH is 1. The lowest BCUT2D eigenvalue weighted by atomic mass is 10.3. The number of hydrogen-bond acceptors (Lipinski definition) is 4. The summed E-state index contributed by atoms with van der Waals surface area (Å²) >= 11 is 0. The van der Waals surface area contributed by atoms with E-state index in [1.807, 2.05) is 0 Å². The molecule has 1 aromatic heterocycles. The number of aromatic amines is 1. The molecule has 0 bridgehead atoms. The lowest BCUT2D eigenvalue weighted by Gasteiger charge is -2.18. The molecule has 2 rings (SSSR count). The molecule has 0 saturated heterocycles. The standard InChI is InChI=1S/C13H16N2O4S/c1-15(11-3-5-12(19-2)6-4-11)20(17,18)13-7-10(9-16)14-8-13/h3-8,14,16H,9H2,1-2H3. The number of methoxy groups -OCH3 is 1. The van der Waals surface area contributed by atoms with Crippen LogP contribution in [0.1, 0.15) is 5.69 Å². The van der Waals surface area contributed by atoms with E-state index in [2.05, 4.69) is 4.98 Å². The summed E-state index contributed by atoms with van der Waals surface area (Å²) in [4.78, 5) is 2.82. The molecule has 0 radical (unpaired) electrons. The maximum Gasteiger partial charge on any atom is 0.265 e. The fourth-order valence-electron chi connectivity index (χ4n) is 1.75. The quantitative estimate of drug-likeness (QED) is 0.872. The molecule has 2 aromatic rings. The monoisotopic (exact) mass is 296 g/mol. The molecule has 0 unspecified atom stereocenters. The molecule has 20 heavy (non-hydrogen) atoms. The van der Waals surface area contributed by atoms with E-state index in [4.69, 9.17) is 9.84 Å². The summed E-state index contributed by atoms with van der Waals surface area (Å²) in [6.45, 7) is -0.234. The lowest BCUT2D eigenvalue weighted by molar-refractivity contribution is 0.277. The zero-order valence-corrected chi connectivity index (χ0v) is 12.0. The van der Waals surface area contributed by atoms with Crippen molar-refractivity contribution in [2.75, 3.05) is 18.5 Å². The number of nitrogens with zero attached hydrogens (tertiary/aromatic N) is 1. The molecule has 0 aliphatic carbocycles. The molecule has 0 spiro atoms. The van der Waals surface area contributed by atoms with Gasteiger partial charge in [0.2, 0.25) is 0 Å². The second-order valence-corrected chi connectivity index (χ2v) is 6.16. The second kappa shape index (κ2) is 5.56. The van der Waals surface area contributed by atoms with Gasteiger partial charge in [0, 0.05) is 18.9 Å². The zero-order chi connectivity index (χ0) is 14.8. The largest absolute Gasteiger partial charge is 0.497 e. The lowest BCUT2D eigenvalue weighted by Crippen LogP contribution is -2.26. The third-order valence-corrected chi connectivity index (χ3v) is 4.74. The molecular formula is C13H16N2O4S. The van der Waals surface area contributed by atoms with Gasteiger partial charge in [-0.1, -0.05) is 0 Å². The van der Waals surface area contributed by atoms with Gasteiger partial charge in [0.05, 0.1) is 19.4 Å². The van der Waals surface area contributed by atoms with E-state index in [-0.39, 0.29) is 11.5 Å². The first-order valence-corrected chi connectivity index (χ1v) is 7.34. The highest BCUT2D eigenvalue weighted by molar-refractivity contribution is 7.92. The van der Waals surface area contributed by atoms with Gasteiger partial charge in [-0.3, -0.25) is 4.31 Å². The van der Waals surface area contributed by atoms with Gasteiger partial charge in [-0.25, -0.2) is 8.42 Å². The summed E-state index contributed by atoms with van der Waals surface area (Å²) in [7, 11) is -0.628. The van der Waals surface area contributed by atoms with Crippen LogP contribution in [0.5, 0.6) is 5.75 Å². The topological polar surface area (TPSA) is 82.6 Å². The first kappa shape index (κ1) is 14.4. The fraction of sp³-hybridized carbons (Fsp3) is 0.231. The van der Waals surface area contributed by atoms with E-state index >= 15 is 0 Å². The fourth-order valence-corrected chi connectivity index (χ4v) is 2.96. The van der Waals surface area contributed by atoms with E-state index in [9.17, 15) is 8.42 Å². The van der Waals surface area contributed by atoms with Gasteiger partial charge in [0.1, 0.15) is 10.6 Å². The molecule has 108 valence electrons. The Hall–Kier alpha value is -1.99. The van der Waals surface area contributed by atoms with Crippen LogP contribution in [0.2, 0.25) is 0 Å². The molecule has 2 N–H and O–H groups in total. The maximum absolute atomic E-state index is 12.4. The minimum Gasteiger partial charge on any atom is -0.497 e. The molecule has 0 atom stereocenters. The minimum atomic E-state index is -3.65. The molecule has 7 heteroatoms. The number of ether oxygens (including phenoxy) is 1. The van der Waals surface area contributed by atoms with Crippen molar-refractivity contribution in [3.8, 4) is 5.75 Å². The number of aromatic nitrogens is 1. The second-order valence-electron chi connectivity index (χ2n) is 4.19. The van der Waals surface area contributed by atoms with E-state index in [0.717, 1.165) is 0 Å². The predicted octanol–water partition coefficient (Wildman–Crippen LogP) is 1.34. The number of sulfonamides is 1. The molecule has 0 fully saturated rings. The average Bonchev–Trinajstić information content (AvgIpc) is 2.96. The Kier molecular flexibility index (Phi) is 4.01. The smallest absolute Gasteiger partial charge is 0.265 e. The number of benzene rings is 1. The Morgan fingerprint density at radius 1 is 1.30 bits per heavy atom. The summed E-state index contributed by atoms with van der Waals surface area (Å²) in [6, 6.07) is 8.12. The van der Waals surface area contributed by atoms with Crippen molar-refractivity contribution in [1.82, 2.24) is 4.98 Å². The van der Waals surface area contributed by atoms with Gasteiger partial charge >= 0.3 is 0 Å². The Morgan fingerprint density at radius 2 is 1.95 bits per heavy atom. The maximum atomic E-state index is 12.4. The van der Waals surface area contributed by atoms with Crippen molar-refractivity contribution < 1.29 is 18.3 Å². The Balaban J connectivity index is 2.32. The number of aliphatic hydroxyl groups is 1. The predicted molar refractivity (Wildman–Crippen MR) is 75.3 cm³/mol. The number of nitrogens with one attached hydrogen (secondary N) is 1. The molecule has 0 amide bonds. The minimum absolute atomic E-state index is 0.111. The van der Waals surface area contributed by atoms with Gasteiger partial charge in [-0.05, 0) is 30.3 Å². The molecule has 0 saturated carbocycles. The van der Waals surface area contributed by atoms with Gasteiger partial charge in [0.25, 0.3) is 10.0 Å². The van der Waals surface area contributed by atoms with Crippen LogP contribution < -0.4 is 9.04 Å². The van der Waals surface area contributed by atoms with Crippen molar-refractivity contribution in [3.05, 3.63) is 42.2 Å². The summed E-state index contributed by atoms with van der Waals surface area (Å²) in [5.74, 6) is 0.656. The van der Waals surface area contributed by atoms with Gasteiger partial charge in [0.15, 0.2) is 0 Å². The summed E-state index contributed by atoms with van der Waals surface area (Å²) in [6.07, 6.45) is 1.36. The van der Waals surface area contributed by atoms with Crippen molar-refractivity contribution >= 4 is 15.7 Å². The van der Waals surface area contributed by atoms with Crippen molar-refractivity contribution in [2.45, 2.75) is 11.5 Å². The highest BCUT2D eigenvalue weighted by Crippen LogP contribution is 2.24. The molecular weight excluding hydrogens is 280 g/mol. The highest BCUT2D eigenvalue weighted by atomic mass is 32.2. The number of rotatable bonds is 5. The van der Waals surface area contributed by atoms with E-state index in [1.165, 1.54) is 23.6 Å².